The van der Waals surface area contributed by atoms with E-state index >= 15 is 0 Å². The number of allylic oxidation sites excluding steroid dienone is 1. The molecule has 1 aromatic rings. The van der Waals surface area contributed by atoms with Crippen molar-refractivity contribution >= 4 is 5.97 Å². The van der Waals surface area contributed by atoms with E-state index in [2.05, 4.69) is 6.07 Å². The Kier molecular flexibility index (Phi) is 4.28. The minimum absolute atomic E-state index is 0.429. The minimum Gasteiger partial charge on any atom is -0.423 e. The number of hydrogen-bond donors (Lipinski definition) is 0. The molecule has 0 radical (unpaired) electrons. The quantitative estimate of drug-likeness (QED) is 0.464. The van der Waals surface area contributed by atoms with Crippen LogP contribution in [-0.2, 0) is 4.79 Å². The number of aryl methyl sites for hydroxylation is 1. The van der Waals surface area contributed by atoms with Gasteiger partial charge in [-0.2, -0.15) is 5.26 Å². The number of hydrogen-bond acceptors (Lipinski definition) is 3. The molecule has 0 spiro atoms. The van der Waals surface area contributed by atoms with Crippen molar-refractivity contribution in [2.45, 2.75) is 27.7 Å². The van der Waals surface area contributed by atoms with Crippen LogP contribution in [0.25, 0.3) is 0 Å². The van der Waals surface area contributed by atoms with Crippen LogP contribution in [0.2, 0.25) is 0 Å². The molecule has 18 heavy (non-hydrogen) atoms. The third-order valence-corrected chi connectivity index (χ3v) is 2.42. The Balaban J connectivity index is 2.78. The standard InChI is InChI=1S/C15H17NO2/c1-11-5-7-13(8-6-11)18-14(17)12(2)9-15(3,4)10-16/h5-9H,1-4H3. The first-order chi connectivity index (χ1) is 8.34. The van der Waals surface area contributed by atoms with E-state index in [4.69, 9.17) is 10.00 Å². The molecule has 0 N–H and O–H groups in total. The Labute approximate surface area is 108 Å². The highest BCUT2D eigenvalue weighted by atomic mass is 16.5. The lowest BCUT2D eigenvalue weighted by Gasteiger charge is -2.11. The minimum atomic E-state index is -0.670. The Hall–Kier alpha value is -2.08. The number of carbonyl (C=O) groups is 1. The molecule has 0 saturated carbocycles. The van der Waals surface area contributed by atoms with Gasteiger partial charge < -0.3 is 4.74 Å². The summed E-state index contributed by atoms with van der Waals surface area (Å²) in [6.07, 6.45) is 1.61. The summed E-state index contributed by atoms with van der Waals surface area (Å²) in [5, 5.41) is 8.90. The Bertz CT molecular complexity index is 504. The highest BCUT2D eigenvalue weighted by Crippen LogP contribution is 2.19. The number of esters is 1. The van der Waals surface area contributed by atoms with E-state index in [9.17, 15) is 4.79 Å². The first-order valence-electron chi connectivity index (χ1n) is 5.73. The van der Waals surface area contributed by atoms with Gasteiger partial charge in [0.25, 0.3) is 0 Å². The molecular weight excluding hydrogens is 226 g/mol. The lowest BCUT2D eigenvalue weighted by Crippen LogP contribution is -2.13. The molecule has 0 aliphatic heterocycles. The summed E-state index contributed by atoms with van der Waals surface area (Å²) in [5.41, 5.74) is 0.867. The van der Waals surface area contributed by atoms with Crippen molar-refractivity contribution in [2.75, 3.05) is 0 Å². The molecule has 0 unspecified atom stereocenters. The Morgan fingerprint density at radius 2 is 1.89 bits per heavy atom. The second-order valence-corrected chi connectivity index (χ2v) is 4.86. The summed E-state index contributed by atoms with van der Waals surface area (Å²) in [7, 11) is 0. The topological polar surface area (TPSA) is 50.1 Å². The van der Waals surface area contributed by atoms with Crippen LogP contribution in [-0.4, -0.2) is 5.97 Å². The molecule has 0 fully saturated rings. The van der Waals surface area contributed by atoms with Crippen LogP contribution in [0.1, 0.15) is 26.3 Å². The lowest BCUT2D eigenvalue weighted by molar-refractivity contribution is -0.130. The predicted molar refractivity (Wildman–Crippen MR) is 70.0 cm³/mol. The van der Waals surface area contributed by atoms with Crippen molar-refractivity contribution in [3.05, 3.63) is 41.5 Å². The molecule has 3 heteroatoms. The van der Waals surface area contributed by atoms with Gasteiger partial charge in [-0.3, -0.25) is 0 Å². The summed E-state index contributed by atoms with van der Waals surface area (Å²) in [4.78, 5) is 11.8. The van der Waals surface area contributed by atoms with Crippen LogP contribution in [0.5, 0.6) is 5.75 Å². The van der Waals surface area contributed by atoms with Gasteiger partial charge in [0.2, 0.25) is 0 Å². The van der Waals surface area contributed by atoms with Crippen molar-refractivity contribution < 1.29 is 9.53 Å². The molecule has 0 saturated heterocycles. The number of rotatable bonds is 3. The zero-order chi connectivity index (χ0) is 13.8. The molecule has 0 bridgehead atoms. The molecular formula is C15H17NO2. The van der Waals surface area contributed by atoms with Crippen LogP contribution >= 0.6 is 0 Å². The third kappa shape index (κ3) is 4.06. The predicted octanol–water partition coefficient (Wildman–Crippen LogP) is 3.40. The van der Waals surface area contributed by atoms with Crippen molar-refractivity contribution in [1.29, 1.82) is 5.26 Å². The van der Waals surface area contributed by atoms with Gasteiger partial charge in [-0.05, 0) is 39.8 Å². The number of ether oxygens (including phenoxy) is 1. The van der Waals surface area contributed by atoms with E-state index in [1.165, 1.54) is 0 Å². The summed E-state index contributed by atoms with van der Waals surface area (Å²) in [6.45, 7) is 7.10. The van der Waals surface area contributed by atoms with Crippen LogP contribution in [0.3, 0.4) is 0 Å². The van der Waals surface area contributed by atoms with E-state index in [1.54, 1.807) is 39.0 Å². The second-order valence-electron chi connectivity index (χ2n) is 4.86. The third-order valence-electron chi connectivity index (χ3n) is 2.42. The fourth-order valence-electron chi connectivity index (χ4n) is 1.43. The molecule has 0 aliphatic rings. The second kappa shape index (κ2) is 5.50. The average Bonchev–Trinajstić information content (AvgIpc) is 2.31. The van der Waals surface area contributed by atoms with Crippen molar-refractivity contribution in [3.8, 4) is 11.8 Å². The molecule has 0 heterocycles. The van der Waals surface area contributed by atoms with Crippen molar-refractivity contribution in [3.63, 3.8) is 0 Å². The summed E-state index contributed by atoms with van der Waals surface area (Å²) < 4.78 is 5.20. The molecule has 1 aromatic carbocycles. The Morgan fingerprint density at radius 1 is 1.33 bits per heavy atom. The van der Waals surface area contributed by atoms with Crippen LogP contribution < -0.4 is 4.74 Å². The zero-order valence-electron chi connectivity index (χ0n) is 11.2. The normalized spacial score (nSPS) is 11.8. The number of benzene rings is 1. The SMILES string of the molecule is CC(=CC(C)(C)C#N)C(=O)Oc1ccc(C)cc1. The molecule has 0 amide bonds. The zero-order valence-corrected chi connectivity index (χ0v) is 11.2. The smallest absolute Gasteiger partial charge is 0.338 e. The number of nitrogens with zero attached hydrogens (tertiary/aromatic N) is 1. The molecule has 3 nitrogen and oxygen atoms in total. The largest absolute Gasteiger partial charge is 0.423 e. The fourth-order valence-corrected chi connectivity index (χ4v) is 1.43. The maximum atomic E-state index is 11.8. The van der Waals surface area contributed by atoms with Gasteiger partial charge >= 0.3 is 5.97 Å². The lowest BCUT2D eigenvalue weighted by atomic mass is 9.93. The van der Waals surface area contributed by atoms with Crippen LogP contribution in [0.15, 0.2) is 35.9 Å². The van der Waals surface area contributed by atoms with E-state index in [0.29, 0.717) is 11.3 Å². The first-order valence-corrected chi connectivity index (χ1v) is 5.73. The molecule has 0 aromatic heterocycles. The molecule has 0 aliphatic carbocycles. The van der Waals surface area contributed by atoms with Crippen molar-refractivity contribution in [2.24, 2.45) is 5.41 Å². The molecule has 1 rings (SSSR count). The van der Waals surface area contributed by atoms with E-state index in [-0.39, 0.29) is 0 Å². The van der Waals surface area contributed by atoms with Gasteiger partial charge in [0, 0.05) is 5.57 Å². The number of nitriles is 1. The monoisotopic (exact) mass is 243 g/mol. The maximum Gasteiger partial charge on any atom is 0.338 e. The maximum absolute atomic E-state index is 11.8. The van der Waals surface area contributed by atoms with Gasteiger partial charge in [0.05, 0.1) is 11.5 Å². The summed E-state index contributed by atoms with van der Waals surface area (Å²) in [6, 6.07) is 9.36. The fraction of sp³-hybridized carbons (Fsp3) is 0.333. The van der Waals surface area contributed by atoms with E-state index < -0.39 is 11.4 Å². The molecule has 0 atom stereocenters. The van der Waals surface area contributed by atoms with Crippen molar-refractivity contribution in [1.82, 2.24) is 0 Å². The van der Waals surface area contributed by atoms with Gasteiger partial charge in [0.15, 0.2) is 0 Å². The van der Waals surface area contributed by atoms with Gasteiger partial charge in [-0.25, -0.2) is 4.79 Å². The summed E-state index contributed by atoms with van der Waals surface area (Å²) >= 11 is 0. The van der Waals surface area contributed by atoms with E-state index in [1.807, 2.05) is 19.1 Å². The number of carbonyl (C=O) groups excluding carboxylic acids is 1. The molecule has 94 valence electrons. The van der Waals surface area contributed by atoms with Gasteiger partial charge in [-0.1, -0.05) is 23.8 Å². The summed E-state index contributed by atoms with van der Waals surface area (Å²) in [5.74, 6) is 0.0790. The average molecular weight is 243 g/mol. The highest BCUT2D eigenvalue weighted by molar-refractivity contribution is 5.89. The van der Waals surface area contributed by atoms with E-state index in [0.717, 1.165) is 5.56 Å². The van der Waals surface area contributed by atoms with Gasteiger partial charge in [-0.15, -0.1) is 0 Å². The van der Waals surface area contributed by atoms with Gasteiger partial charge in [0.1, 0.15) is 5.75 Å². The Morgan fingerprint density at radius 3 is 2.39 bits per heavy atom. The van der Waals surface area contributed by atoms with Crippen LogP contribution in [0.4, 0.5) is 0 Å². The van der Waals surface area contributed by atoms with Crippen LogP contribution in [0, 0.1) is 23.7 Å². The highest BCUT2D eigenvalue weighted by Gasteiger charge is 2.16. The first kappa shape index (κ1) is 14.0.